The number of para-hydroxylation sites is 1. The molecule has 0 fully saturated rings. The van der Waals surface area contributed by atoms with Crippen molar-refractivity contribution in [1.29, 1.82) is 0 Å². The topological polar surface area (TPSA) is 29.5 Å². The maximum absolute atomic E-state index is 10.5. The first kappa shape index (κ1) is 13.6. The van der Waals surface area contributed by atoms with E-state index in [9.17, 15) is 5.11 Å². The van der Waals surface area contributed by atoms with Gasteiger partial charge in [-0.25, -0.2) is 0 Å². The SMILES string of the molecule is CCCOc1ccccc1C(O)c1ccc(C)cc1. The van der Waals surface area contributed by atoms with Crippen molar-refractivity contribution in [3.63, 3.8) is 0 Å². The van der Waals surface area contributed by atoms with Crippen LogP contribution in [0.5, 0.6) is 5.75 Å². The number of aryl methyl sites for hydroxylation is 1. The molecule has 0 radical (unpaired) electrons. The summed E-state index contributed by atoms with van der Waals surface area (Å²) in [7, 11) is 0. The summed E-state index contributed by atoms with van der Waals surface area (Å²) in [5.41, 5.74) is 2.89. The van der Waals surface area contributed by atoms with E-state index >= 15 is 0 Å². The molecule has 2 aromatic carbocycles. The van der Waals surface area contributed by atoms with Gasteiger partial charge in [-0.2, -0.15) is 0 Å². The van der Waals surface area contributed by atoms with Crippen LogP contribution in [0.4, 0.5) is 0 Å². The molecule has 0 bridgehead atoms. The Morgan fingerprint density at radius 3 is 2.42 bits per heavy atom. The van der Waals surface area contributed by atoms with Crippen LogP contribution >= 0.6 is 0 Å². The van der Waals surface area contributed by atoms with E-state index in [2.05, 4.69) is 6.92 Å². The van der Waals surface area contributed by atoms with Gasteiger partial charge >= 0.3 is 0 Å². The smallest absolute Gasteiger partial charge is 0.125 e. The molecule has 19 heavy (non-hydrogen) atoms. The summed E-state index contributed by atoms with van der Waals surface area (Å²) in [6, 6.07) is 15.6. The van der Waals surface area contributed by atoms with Gasteiger partial charge in [-0.3, -0.25) is 0 Å². The Morgan fingerprint density at radius 1 is 1.05 bits per heavy atom. The average molecular weight is 256 g/mol. The molecule has 0 aromatic heterocycles. The second-order valence-corrected chi connectivity index (χ2v) is 4.70. The van der Waals surface area contributed by atoms with Crippen molar-refractivity contribution in [3.05, 3.63) is 65.2 Å². The molecule has 1 unspecified atom stereocenters. The number of rotatable bonds is 5. The molecular formula is C17H20O2. The number of aliphatic hydroxyl groups is 1. The summed E-state index contributed by atoms with van der Waals surface area (Å²) >= 11 is 0. The van der Waals surface area contributed by atoms with Crippen LogP contribution in [-0.2, 0) is 0 Å². The zero-order chi connectivity index (χ0) is 13.7. The summed E-state index contributed by atoms with van der Waals surface area (Å²) in [6.45, 7) is 4.77. The Kier molecular flexibility index (Phi) is 4.58. The van der Waals surface area contributed by atoms with Gasteiger partial charge in [-0.15, -0.1) is 0 Å². The van der Waals surface area contributed by atoms with Gasteiger partial charge < -0.3 is 9.84 Å². The Labute approximate surface area is 114 Å². The highest BCUT2D eigenvalue weighted by Gasteiger charge is 2.14. The maximum Gasteiger partial charge on any atom is 0.125 e. The Bertz CT molecular complexity index is 517. The molecule has 0 aliphatic heterocycles. The highest BCUT2D eigenvalue weighted by Crippen LogP contribution is 2.30. The van der Waals surface area contributed by atoms with Crippen LogP contribution in [0.25, 0.3) is 0 Å². The van der Waals surface area contributed by atoms with Crippen molar-refractivity contribution in [3.8, 4) is 5.75 Å². The molecule has 1 N–H and O–H groups in total. The summed E-state index contributed by atoms with van der Waals surface area (Å²) < 4.78 is 5.69. The van der Waals surface area contributed by atoms with E-state index in [-0.39, 0.29) is 0 Å². The molecule has 0 amide bonds. The normalized spacial score (nSPS) is 12.2. The van der Waals surface area contributed by atoms with Gasteiger partial charge in [0.25, 0.3) is 0 Å². The monoisotopic (exact) mass is 256 g/mol. The van der Waals surface area contributed by atoms with Crippen molar-refractivity contribution < 1.29 is 9.84 Å². The lowest BCUT2D eigenvalue weighted by atomic mass is 10.00. The van der Waals surface area contributed by atoms with E-state index < -0.39 is 6.10 Å². The molecular weight excluding hydrogens is 236 g/mol. The largest absolute Gasteiger partial charge is 0.493 e. The predicted molar refractivity (Wildman–Crippen MR) is 77.5 cm³/mol. The molecule has 2 heteroatoms. The van der Waals surface area contributed by atoms with Crippen LogP contribution in [0.3, 0.4) is 0 Å². The average Bonchev–Trinajstić information content (AvgIpc) is 2.45. The van der Waals surface area contributed by atoms with Crippen LogP contribution in [0.15, 0.2) is 48.5 Å². The van der Waals surface area contributed by atoms with E-state index in [1.807, 2.05) is 55.5 Å². The van der Waals surface area contributed by atoms with Crippen LogP contribution in [0.1, 0.15) is 36.1 Å². The highest BCUT2D eigenvalue weighted by molar-refractivity contribution is 5.40. The van der Waals surface area contributed by atoms with Gasteiger partial charge in [0, 0.05) is 5.56 Å². The maximum atomic E-state index is 10.5. The van der Waals surface area contributed by atoms with Crippen molar-refractivity contribution >= 4 is 0 Å². The third-order valence-electron chi connectivity index (χ3n) is 3.07. The van der Waals surface area contributed by atoms with Gasteiger partial charge in [-0.1, -0.05) is 55.0 Å². The number of ether oxygens (including phenoxy) is 1. The third kappa shape index (κ3) is 3.36. The summed E-state index contributed by atoms with van der Waals surface area (Å²) in [5, 5.41) is 10.5. The lowest BCUT2D eigenvalue weighted by molar-refractivity contribution is 0.210. The standard InChI is InChI=1S/C17H20O2/c1-3-12-19-16-7-5-4-6-15(16)17(18)14-10-8-13(2)9-11-14/h4-11,17-18H,3,12H2,1-2H3. The van der Waals surface area contributed by atoms with Gasteiger partial charge in [0.1, 0.15) is 11.9 Å². The van der Waals surface area contributed by atoms with Gasteiger partial charge in [-0.05, 0) is 25.0 Å². The van der Waals surface area contributed by atoms with Crippen LogP contribution in [-0.4, -0.2) is 11.7 Å². The number of hydrogen-bond acceptors (Lipinski definition) is 2. The fraction of sp³-hybridized carbons (Fsp3) is 0.294. The van der Waals surface area contributed by atoms with E-state index in [1.54, 1.807) is 0 Å². The fourth-order valence-corrected chi connectivity index (χ4v) is 1.98. The summed E-state index contributed by atoms with van der Waals surface area (Å²) in [5.74, 6) is 0.762. The summed E-state index contributed by atoms with van der Waals surface area (Å²) in [4.78, 5) is 0. The van der Waals surface area contributed by atoms with E-state index in [0.717, 1.165) is 23.3 Å². The Hall–Kier alpha value is -1.80. The number of aliphatic hydroxyl groups excluding tert-OH is 1. The van der Waals surface area contributed by atoms with Gasteiger partial charge in [0.2, 0.25) is 0 Å². The first-order valence-corrected chi connectivity index (χ1v) is 6.68. The first-order chi connectivity index (χ1) is 9.22. The number of benzene rings is 2. The summed E-state index contributed by atoms with van der Waals surface area (Å²) in [6.07, 6.45) is 0.309. The molecule has 0 aliphatic rings. The van der Waals surface area contributed by atoms with Crippen molar-refractivity contribution in [2.75, 3.05) is 6.61 Å². The molecule has 2 aromatic rings. The molecule has 100 valence electrons. The van der Waals surface area contributed by atoms with E-state index in [4.69, 9.17) is 4.74 Å². The van der Waals surface area contributed by atoms with Crippen LogP contribution in [0.2, 0.25) is 0 Å². The minimum absolute atomic E-state index is 0.645. The fourth-order valence-electron chi connectivity index (χ4n) is 1.98. The zero-order valence-corrected chi connectivity index (χ0v) is 11.5. The van der Waals surface area contributed by atoms with Crippen LogP contribution in [0, 0.1) is 6.92 Å². The molecule has 0 spiro atoms. The van der Waals surface area contributed by atoms with E-state index in [0.29, 0.717) is 6.61 Å². The first-order valence-electron chi connectivity index (χ1n) is 6.68. The lowest BCUT2D eigenvalue weighted by Gasteiger charge is -2.16. The van der Waals surface area contributed by atoms with Crippen molar-refractivity contribution in [2.45, 2.75) is 26.4 Å². The number of hydrogen-bond donors (Lipinski definition) is 1. The quantitative estimate of drug-likeness (QED) is 0.880. The molecule has 0 aliphatic carbocycles. The van der Waals surface area contributed by atoms with Gasteiger partial charge in [0.05, 0.1) is 6.61 Å². The van der Waals surface area contributed by atoms with E-state index in [1.165, 1.54) is 5.56 Å². The second-order valence-electron chi connectivity index (χ2n) is 4.70. The minimum Gasteiger partial charge on any atom is -0.493 e. The van der Waals surface area contributed by atoms with Crippen molar-refractivity contribution in [2.24, 2.45) is 0 Å². The van der Waals surface area contributed by atoms with Crippen molar-refractivity contribution in [1.82, 2.24) is 0 Å². The Balaban J connectivity index is 2.27. The predicted octanol–water partition coefficient (Wildman–Crippen LogP) is 3.87. The Morgan fingerprint density at radius 2 is 1.74 bits per heavy atom. The third-order valence-corrected chi connectivity index (χ3v) is 3.07. The second kappa shape index (κ2) is 6.39. The molecule has 0 saturated carbocycles. The molecule has 0 heterocycles. The minimum atomic E-state index is -0.645. The molecule has 2 rings (SSSR count). The van der Waals surface area contributed by atoms with Gasteiger partial charge in [0.15, 0.2) is 0 Å². The highest BCUT2D eigenvalue weighted by atomic mass is 16.5. The molecule has 0 saturated heterocycles. The zero-order valence-electron chi connectivity index (χ0n) is 11.5. The molecule has 1 atom stereocenters. The van der Waals surface area contributed by atoms with Crippen LogP contribution < -0.4 is 4.74 Å². The molecule has 2 nitrogen and oxygen atoms in total. The lowest BCUT2D eigenvalue weighted by Crippen LogP contribution is -2.04.